The number of aryl methyl sites for hydroxylation is 1. The number of pyridine rings is 1. The molecule has 3 rings (SSSR count). The number of nitrogens with zero attached hydrogens (tertiary/aromatic N) is 1. The lowest BCUT2D eigenvalue weighted by Gasteiger charge is -2.09. The molecule has 0 aliphatic rings. The van der Waals surface area contributed by atoms with Crippen LogP contribution in [0.25, 0.3) is 21.9 Å². The van der Waals surface area contributed by atoms with Gasteiger partial charge in [0.2, 0.25) is 0 Å². The molecule has 2 nitrogen and oxygen atoms in total. The van der Waals surface area contributed by atoms with Gasteiger partial charge in [0.05, 0.1) is 0 Å². The normalized spacial score (nSPS) is 10.7. The van der Waals surface area contributed by atoms with Crippen molar-refractivity contribution in [1.29, 1.82) is 0 Å². The second-order valence-electron chi connectivity index (χ2n) is 4.48. The van der Waals surface area contributed by atoms with Gasteiger partial charge in [0.25, 0.3) is 0 Å². The van der Waals surface area contributed by atoms with Gasteiger partial charge >= 0.3 is 0 Å². The smallest absolute Gasteiger partial charge is 0.0352 e. The number of anilines is 1. The van der Waals surface area contributed by atoms with E-state index in [0.717, 1.165) is 16.6 Å². The van der Waals surface area contributed by atoms with E-state index < -0.39 is 0 Å². The van der Waals surface area contributed by atoms with Crippen LogP contribution in [0.2, 0.25) is 0 Å². The van der Waals surface area contributed by atoms with Crippen molar-refractivity contribution in [3.63, 3.8) is 0 Å². The number of aromatic nitrogens is 1. The average molecular weight is 234 g/mol. The first-order valence-electron chi connectivity index (χ1n) is 5.95. The molecule has 88 valence electrons. The molecule has 0 atom stereocenters. The summed E-state index contributed by atoms with van der Waals surface area (Å²) >= 11 is 0. The fourth-order valence-electron chi connectivity index (χ4n) is 2.28. The van der Waals surface area contributed by atoms with Crippen molar-refractivity contribution in [3.05, 3.63) is 60.4 Å². The average Bonchev–Trinajstić information content (AvgIpc) is 2.38. The van der Waals surface area contributed by atoms with E-state index in [-0.39, 0.29) is 0 Å². The fraction of sp³-hybridized carbons (Fsp3) is 0.0625. The van der Waals surface area contributed by atoms with Gasteiger partial charge in [-0.3, -0.25) is 4.98 Å². The zero-order chi connectivity index (χ0) is 12.5. The summed E-state index contributed by atoms with van der Waals surface area (Å²) in [7, 11) is 0. The summed E-state index contributed by atoms with van der Waals surface area (Å²) in [5.74, 6) is 0. The zero-order valence-electron chi connectivity index (χ0n) is 10.2. The van der Waals surface area contributed by atoms with Crippen LogP contribution in [0.5, 0.6) is 0 Å². The Morgan fingerprint density at radius 2 is 1.78 bits per heavy atom. The zero-order valence-corrected chi connectivity index (χ0v) is 10.2. The van der Waals surface area contributed by atoms with Crippen molar-refractivity contribution in [2.75, 3.05) is 5.73 Å². The Bertz CT molecular complexity index is 717. The molecule has 0 spiro atoms. The molecule has 2 N–H and O–H groups in total. The van der Waals surface area contributed by atoms with E-state index in [1.165, 1.54) is 16.5 Å². The third kappa shape index (κ3) is 1.72. The first-order valence-corrected chi connectivity index (χ1v) is 5.95. The van der Waals surface area contributed by atoms with Crippen LogP contribution in [-0.2, 0) is 0 Å². The highest BCUT2D eigenvalue weighted by molar-refractivity contribution is 5.97. The van der Waals surface area contributed by atoms with Crippen molar-refractivity contribution in [3.8, 4) is 11.1 Å². The molecule has 18 heavy (non-hydrogen) atoms. The molecule has 0 radical (unpaired) electrons. The highest BCUT2D eigenvalue weighted by Gasteiger charge is 2.06. The molecular weight excluding hydrogens is 220 g/mol. The third-order valence-corrected chi connectivity index (χ3v) is 3.22. The van der Waals surface area contributed by atoms with E-state index in [9.17, 15) is 0 Å². The van der Waals surface area contributed by atoms with Crippen LogP contribution in [0.4, 0.5) is 5.69 Å². The third-order valence-electron chi connectivity index (χ3n) is 3.22. The number of hydrogen-bond donors (Lipinski definition) is 1. The van der Waals surface area contributed by atoms with Crippen molar-refractivity contribution in [1.82, 2.24) is 4.98 Å². The van der Waals surface area contributed by atoms with E-state index in [0.29, 0.717) is 0 Å². The Kier molecular flexibility index (Phi) is 2.49. The first kappa shape index (κ1) is 10.8. The van der Waals surface area contributed by atoms with Crippen molar-refractivity contribution in [2.45, 2.75) is 6.92 Å². The predicted octanol–water partition coefficient (Wildman–Crippen LogP) is 3.79. The standard InChI is InChI=1S/C16H14N2/c1-11-4-2-3-5-14(11)16-10-18-9-12-8-13(17)6-7-15(12)16/h2-10H,17H2,1H3. The number of fused-ring (bicyclic) bond motifs is 1. The lowest BCUT2D eigenvalue weighted by molar-refractivity contribution is 1.35. The lowest BCUT2D eigenvalue weighted by atomic mass is 9.97. The maximum absolute atomic E-state index is 5.81. The molecule has 0 saturated carbocycles. The molecule has 2 aromatic carbocycles. The van der Waals surface area contributed by atoms with Gasteiger partial charge in [0, 0.05) is 29.0 Å². The van der Waals surface area contributed by atoms with Gasteiger partial charge in [-0.15, -0.1) is 0 Å². The summed E-state index contributed by atoms with van der Waals surface area (Å²) in [6.45, 7) is 2.12. The number of rotatable bonds is 1. The molecule has 0 fully saturated rings. The molecule has 0 unspecified atom stereocenters. The molecule has 2 heteroatoms. The second-order valence-corrected chi connectivity index (χ2v) is 4.48. The molecule has 0 amide bonds. The summed E-state index contributed by atoms with van der Waals surface area (Å²) in [5, 5.41) is 2.27. The van der Waals surface area contributed by atoms with E-state index >= 15 is 0 Å². The van der Waals surface area contributed by atoms with Gasteiger partial charge in [0.1, 0.15) is 0 Å². The van der Waals surface area contributed by atoms with E-state index in [1.54, 1.807) is 0 Å². The van der Waals surface area contributed by atoms with Crippen LogP contribution in [0.3, 0.4) is 0 Å². The molecule has 0 aliphatic carbocycles. The Labute approximate surface area is 106 Å². The fourth-order valence-corrected chi connectivity index (χ4v) is 2.28. The van der Waals surface area contributed by atoms with Gasteiger partial charge in [-0.05, 0) is 35.6 Å². The van der Waals surface area contributed by atoms with E-state index in [2.05, 4.69) is 42.2 Å². The lowest BCUT2D eigenvalue weighted by Crippen LogP contribution is -1.89. The van der Waals surface area contributed by atoms with Crippen molar-refractivity contribution < 1.29 is 0 Å². The first-order chi connectivity index (χ1) is 8.75. The Hall–Kier alpha value is -2.35. The topological polar surface area (TPSA) is 38.9 Å². The van der Waals surface area contributed by atoms with Crippen LogP contribution >= 0.6 is 0 Å². The number of nitrogens with two attached hydrogens (primary N) is 1. The minimum absolute atomic E-state index is 0.770. The van der Waals surface area contributed by atoms with E-state index in [4.69, 9.17) is 5.73 Å². The van der Waals surface area contributed by atoms with E-state index in [1.807, 2.05) is 24.5 Å². The summed E-state index contributed by atoms with van der Waals surface area (Å²) < 4.78 is 0. The van der Waals surface area contributed by atoms with Gasteiger partial charge in [-0.25, -0.2) is 0 Å². The summed E-state index contributed by atoms with van der Waals surface area (Å²) in [5.41, 5.74) is 10.2. The van der Waals surface area contributed by atoms with Crippen LogP contribution in [0, 0.1) is 6.92 Å². The van der Waals surface area contributed by atoms with Crippen LogP contribution in [0.15, 0.2) is 54.9 Å². The van der Waals surface area contributed by atoms with Gasteiger partial charge < -0.3 is 5.73 Å². The maximum atomic E-state index is 5.81. The SMILES string of the molecule is Cc1ccccc1-c1cncc2cc(N)ccc12. The molecule has 1 heterocycles. The largest absolute Gasteiger partial charge is 0.399 e. The number of benzene rings is 2. The summed E-state index contributed by atoms with van der Waals surface area (Å²) in [6, 6.07) is 14.3. The quantitative estimate of drug-likeness (QED) is 0.650. The molecule has 0 saturated heterocycles. The number of nitrogen functional groups attached to an aromatic ring is 1. The second kappa shape index (κ2) is 4.15. The van der Waals surface area contributed by atoms with Gasteiger partial charge in [0.15, 0.2) is 0 Å². The molecule has 0 aliphatic heterocycles. The summed E-state index contributed by atoms with van der Waals surface area (Å²) in [6.07, 6.45) is 3.77. The van der Waals surface area contributed by atoms with Gasteiger partial charge in [-0.1, -0.05) is 30.3 Å². The van der Waals surface area contributed by atoms with Crippen LogP contribution in [0.1, 0.15) is 5.56 Å². The summed E-state index contributed by atoms with van der Waals surface area (Å²) in [4.78, 5) is 4.32. The Morgan fingerprint density at radius 3 is 2.61 bits per heavy atom. The molecule has 3 aromatic rings. The molecule has 0 bridgehead atoms. The highest BCUT2D eigenvalue weighted by atomic mass is 14.6. The Morgan fingerprint density at radius 1 is 0.944 bits per heavy atom. The highest BCUT2D eigenvalue weighted by Crippen LogP contribution is 2.30. The monoisotopic (exact) mass is 234 g/mol. The van der Waals surface area contributed by atoms with Crippen LogP contribution in [-0.4, -0.2) is 4.98 Å². The van der Waals surface area contributed by atoms with Crippen molar-refractivity contribution in [2.24, 2.45) is 0 Å². The minimum atomic E-state index is 0.770. The minimum Gasteiger partial charge on any atom is -0.399 e. The van der Waals surface area contributed by atoms with Crippen molar-refractivity contribution >= 4 is 16.5 Å². The Balaban J connectivity index is 2.33. The maximum Gasteiger partial charge on any atom is 0.0352 e. The molecular formula is C16H14N2. The van der Waals surface area contributed by atoms with Gasteiger partial charge in [-0.2, -0.15) is 0 Å². The number of hydrogen-bond acceptors (Lipinski definition) is 2. The molecule has 1 aromatic heterocycles. The van der Waals surface area contributed by atoms with Crippen LogP contribution < -0.4 is 5.73 Å². The predicted molar refractivity (Wildman–Crippen MR) is 76.3 cm³/mol.